The number of hydrogen-bond donors (Lipinski definition) is 1. The van der Waals surface area contributed by atoms with Crippen LogP contribution in [0.15, 0.2) is 43.0 Å². The topological polar surface area (TPSA) is 79.3 Å². The van der Waals surface area contributed by atoms with Gasteiger partial charge in [-0.2, -0.15) is 0 Å². The quantitative estimate of drug-likeness (QED) is 0.777. The van der Waals surface area contributed by atoms with Crippen LogP contribution in [-0.2, 0) is 16.9 Å². The highest BCUT2D eigenvalue weighted by Gasteiger charge is 2.64. The SMILES string of the molecule is C=C1c2cc(OC)c(OC)cc2C[C@H]2N1C(=O)[C@@H](CC(C)C)N1C(=O)c3ccccc3[C@]21O. The first-order valence-electron chi connectivity index (χ1n) is 11.2. The molecule has 0 radical (unpaired) electrons. The minimum Gasteiger partial charge on any atom is -0.493 e. The molecule has 0 aromatic heterocycles. The number of ether oxygens (including phenoxy) is 2. The fourth-order valence-electron chi connectivity index (χ4n) is 5.63. The third kappa shape index (κ3) is 2.78. The number of hydrogen-bond acceptors (Lipinski definition) is 5. The second-order valence-corrected chi connectivity index (χ2v) is 9.33. The number of aliphatic hydroxyl groups is 1. The number of nitrogens with zero attached hydrogens (tertiary/aromatic N) is 2. The smallest absolute Gasteiger partial charge is 0.257 e. The van der Waals surface area contributed by atoms with Crippen LogP contribution in [0.1, 0.15) is 47.3 Å². The molecule has 1 N–H and O–H groups in total. The standard InChI is InChI=1S/C26H28N2O5/c1-14(2)10-20-25(30)27-15(3)18-13-22(33-5)21(32-4)11-16(18)12-23(27)26(31)19-9-7-6-8-17(19)24(29)28(20)26/h6-9,11,13-14,20,23,31H,3,10,12H2,1-2,4-5H3/t20-,23-,26+/m1/s1. The van der Waals surface area contributed by atoms with Gasteiger partial charge in [-0.15, -0.1) is 0 Å². The number of carbonyl (C=O) groups excluding carboxylic acids is 2. The molecule has 0 saturated carbocycles. The molecule has 3 aliphatic heterocycles. The second-order valence-electron chi connectivity index (χ2n) is 9.33. The number of fused-ring (bicyclic) bond motifs is 6. The molecule has 5 rings (SSSR count). The van der Waals surface area contributed by atoms with E-state index in [2.05, 4.69) is 6.58 Å². The van der Waals surface area contributed by atoms with Crippen LogP contribution in [0.25, 0.3) is 5.70 Å². The van der Waals surface area contributed by atoms with Crippen LogP contribution in [0.4, 0.5) is 0 Å². The van der Waals surface area contributed by atoms with Gasteiger partial charge in [0.2, 0.25) is 5.91 Å². The van der Waals surface area contributed by atoms with Crippen LogP contribution in [0, 0.1) is 5.92 Å². The van der Waals surface area contributed by atoms with Gasteiger partial charge < -0.3 is 19.5 Å². The van der Waals surface area contributed by atoms with Gasteiger partial charge >= 0.3 is 0 Å². The minimum atomic E-state index is -1.66. The Hall–Kier alpha value is -3.32. The van der Waals surface area contributed by atoms with Gasteiger partial charge in [0, 0.05) is 22.4 Å². The zero-order chi connectivity index (χ0) is 23.7. The lowest BCUT2D eigenvalue weighted by Gasteiger charge is -2.55. The largest absolute Gasteiger partial charge is 0.493 e. The van der Waals surface area contributed by atoms with Gasteiger partial charge in [-0.1, -0.05) is 38.6 Å². The highest BCUT2D eigenvalue weighted by molar-refractivity contribution is 6.05. The molecule has 7 nitrogen and oxygen atoms in total. The van der Waals surface area contributed by atoms with E-state index in [4.69, 9.17) is 9.47 Å². The molecule has 33 heavy (non-hydrogen) atoms. The van der Waals surface area contributed by atoms with Crippen molar-refractivity contribution in [2.75, 3.05) is 14.2 Å². The number of carbonyl (C=O) groups is 2. The molecule has 1 fully saturated rings. The Morgan fingerprint density at radius 1 is 1.12 bits per heavy atom. The average Bonchev–Trinajstić information content (AvgIpc) is 3.03. The van der Waals surface area contributed by atoms with E-state index >= 15 is 0 Å². The van der Waals surface area contributed by atoms with Gasteiger partial charge in [0.15, 0.2) is 17.2 Å². The number of methoxy groups -OCH3 is 2. The lowest BCUT2D eigenvalue weighted by molar-refractivity contribution is -0.192. The van der Waals surface area contributed by atoms with E-state index in [-0.39, 0.29) is 17.7 Å². The van der Waals surface area contributed by atoms with Crippen LogP contribution in [0.3, 0.4) is 0 Å². The molecular weight excluding hydrogens is 420 g/mol. The summed E-state index contributed by atoms with van der Waals surface area (Å²) in [7, 11) is 3.13. The van der Waals surface area contributed by atoms with Crippen molar-refractivity contribution in [3.05, 3.63) is 65.2 Å². The van der Waals surface area contributed by atoms with Crippen LogP contribution in [0.5, 0.6) is 11.5 Å². The summed E-state index contributed by atoms with van der Waals surface area (Å²) in [5, 5.41) is 12.3. The molecule has 0 bridgehead atoms. The summed E-state index contributed by atoms with van der Waals surface area (Å²) in [6.45, 7) is 8.26. The average molecular weight is 449 g/mol. The van der Waals surface area contributed by atoms with Crippen molar-refractivity contribution in [3.8, 4) is 11.5 Å². The second kappa shape index (κ2) is 7.35. The lowest BCUT2D eigenvalue weighted by Crippen LogP contribution is -2.71. The number of amides is 2. The summed E-state index contributed by atoms with van der Waals surface area (Å²) in [6, 6.07) is 9.27. The third-order valence-corrected chi connectivity index (χ3v) is 7.07. The molecule has 2 aromatic rings. The van der Waals surface area contributed by atoms with E-state index in [1.165, 1.54) is 4.90 Å². The van der Waals surface area contributed by atoms with Crippen molar-refractivity contribution in [2.24, 2.45) is 5.92 Å². The molecule has 172 valence electrons. The van der Waals surface area contributed by atoms with Gasteiger partial charge in [0.1, 0.15) is 6.04 Å². The Bertz CT molecular complexity index is 1190. The van der Waals surface area contributed by atoms with Gasteiger partial charge in [0.25, 0.3) is 5.91 Å². The molecule has 3 aliphatic rings. The van der Waals surface area contributed by atoms with E-state index in [1.807, 2.05) is 32.0 Å². The first-order chi connectivity index (χ1) is 15.7. The first kappa shape index (κ1) is 21.5. The van der Waals surface area contributed by atoms with Crippen molar-refractivity contribution in [2.45, 2.75) is 44.5 Å². The van der Waals surface area contributed by atoms with Crippen molar-refractivity contribution in [1.82, 2.24) is 9.80 Å². The Kier molecular flexibility index (Phi) is 4.79. The number of benzene rings is 2. The van der Waals surface area contributed by atoms with Crippen LogP contribution in [0.2, 0.25) is 0 Å². The van der Waals surface area contributed by atoms with Gasteiger partial charge in [-0.25, -0.2) is 0 Å². The zero-order valence-corrected chi connectivity index (χ0v) is 19.3. The Labute approximate surface area is 193 Å². The molecule has 0 spiro atoms. The minimum absolute atomic E-state index is 0.144. The van der Waals surface area contributed by atoms with Crippen LogP contribution < -0.4 is 9.47 Å². The van der Waals surface area contributed by atoms with Gasteiger partial charge in [-0.05, 0) is 42.5 Å². The van der Waals surface area contributed by atoms with E-state index in [0.717, 1.165) is 11.1 Å². The van der Waals surface area contributed by atoms with Gasteiger partial charge in [-0.3, -0.25) is 14.5 Å². The fraction of sp³-hybridized carbons (Fsp3) is 0.385. The Morgan fingerprint density at radius 3 is 2.45 bits per heavy atom. The Balaban J connectivity index is 1.73. The predicted octanol–water partition coefficient (Wildman–Crippen LogP) is 3.16. The lowest BCUT2D eigenvalue weighted by atomic mass is 9.79. The highest BCUT2D eigenvalue weighted by Crippen LogP contribution is 2.52. The molecule has 3 heterocycles. The van der Waals surface area contributed by atoms with E-state index in [9.17, 15) is 14.7 Å². The Morgan fingerprint density at radius 2 is 1.79 bits per heavy atom. The monoisotopic (exact) mass is 448 g/mol. The van der Waals surface area contributed by atoms with E-state index in [1.54, 1.807) is 37.3 Å². The summed E-state index contributed by atoms with van der Waals surface area (Å²) in [5.41, 5.74) is 1.45. The molecule has 0 aliphatic carbocycles. The molecule has 2 amide bonds. The zero-order valence-electron chi connectivity index (χ0n) is 19.3. The summed E-state index contributed by atoms with van der Waals surface area (Å²) in [6.07, 6.45) is 0.777. The van der Waals surface area contributed by atoms with Crippen molar-refractivity contribution >= 4 is 17.5 Å². The van der Waals surface area contributed by atoms with E-state index in [0.29, 0.717) is 41.2 Å². The predicted molar refractivity (Wildman–Crippen MR) is 123 cm³/mol. The summed E-state index contributed by atoms with van der Waals surface area (Å²) >= 11 is 0. The third-order valence-electron chi connectivity index (χ3n) is 7.07. The van der Waals surface area contributed by atoms with Crippen LogP contribution in [-0.4, -0.2) is 53.0 Å². The molecule has 2 aromatic carbocycles. The van der Waals surface area contributed by atoms with Crippen LogP contribution >= 0.6 is 0 Å². The van der Waals surface area contributed by atoms with Crippen molar-refractivity contribution in [3.63, 3.8) is 0 Å². The van der Waals surface area contributed by atoms with Crippen molar-refractivity contribution < 1.29 is 24.2 Å². The maximum Gasteiger partial charge on any atom is 0.257 e. The first-order valence-corrected chi connectivity index (χ1v) is 11.2. The molecule has 7 heteroatoms. The highest BCUT2D eigenvalue weighted by atomic mass is 16.5. The van der Waals surface area contributed by atoms with Gasteiger partial charge in [0.05, 0.1) is 20.3 Å². The summed E-state index contributed by atoms with van der Waals surface area (Å²) in [5.74, 6) is 0.719. The molecule has 0 unspecified atom stereocenters. The maximum atomic E-state index is 13.9. The summed E-state index contributed by atoms with van der Waals surface area (Å²) in [4.78, 5) is 30.4. The molecule has 1 saturated heterocycles. The summed E-state index contributed by atoms with van der Waals surface area (Å²) < 4.78 is 10.9. The maximum absolute atomic E-state index is 13.9. The fourth-order valence-corrected chi connectivity index (χ4v) is 5.63. The van der Waals surface area contributed by atoms with Crippen molar-refractivity contribution in [1.29, 1.82) is 0 Å². The van der Waals surface area contributed by atoms with E-state index < -0.39 is 17.8 Å². The number of rotatable bonds is 4. The number of piperazine rings is 1. The molecule has 3 atom stereocenters. The molecular formula is C26H28N2O5. The normalized spacial score (nSPS) is 25.6.